The number of nitrogens with zero attached hydrogens (tertiary/aromatic N) is 2. The number of anilines is 2. The summed E-state index contributed by atoms with van der Waals surface area (Å²) in [5.74, 6) is 1.99. The second kappa shape index (κ2) is 19.9. The zero-order chi connectivity index (χ0) is 52.5. The average molecular weight is 1040 g/mol. The fraction of sp³-hybridized carbons (Fsp3) is 0.0508. The first kappa shape index (κ1) is 49.2. The lowest BCUT2D eigenvalue weighted by atomic mass is 9.78. The van der Waals surface area contributed by atoms with Gasteiger partial charge in [0, 0.05) is 29.7 Å². The molecule has 8 aromatic carbocycles. The lowest BCUT2D eigenvalue weighted by Gasteiger charge is -2.26. The van der Waals surface area contributed by atoms with E-state index in [4.69, 9.17) is 18.9 Å². The summed E-state index contributed by atoms with van der Waals surface area (Å²) < 4.78 is 77.9. The number of rotatable bonds is 16. The number of ether oxygens (including phenoxy) is 4. The van der Waals surface area contributed by atoms with Gasteiger partial charge in [0.15, 0.2) is 0 Å². The predicted molar refractivity (Wildman–Crippen MR) is 278 cm³/mol. The summed E-state index contributed by atoms with van der Waals surface area (Å²) in [6.07, 6.45) is 4.83. The summed E-state index contributed by atoms with van der Waals surface area (Å²) in [7, 11) is -7.73. The Morgan fingerprint density at radius 2 is 0.480 bits per heavy atom. The van der Waals surface area contributed by atoms with Gasteiger partial charge in [-0.1, -0.05) is 38.1 Å². The van der Waals surface area contributed by atoms with Crippen LogP contribution in [0, 0.1) is 0 Å². The maximum atomic E-state index is 13.5. The summed E-state index contributed by atoms with van der Waals surface area (Å²) in [6.45, 7) is 4.20. The molecule has 0 atom stereocenters. The molecule has 0 bridgehead atoms. The molecule has 0 radical (unpaired) electrons. The standard InChI is InChI=1S/C59H42N2O12S2/c1-59(2,39-3-11-43(12-4-39)70-47-19-27-51(28-20-47)74(66,67)53-31-23-49(24-32-53)72-45-15-7-41(8-16-45)60-55(62)35-36-56(60)63)40-5-13-44(14-6-40)71-48-21-29-52(30-22-48)75(68,69)54-33-25-50(26-34-54)73-46-17-9-42(10-18-46)61-57(64)37-38-58(61)65/h3-38H,1-2H3. The highest BCUT2D eigenvalue weighted by molar-refractivity contribution is 7.91. The molecule has 2 aliphatic rings. The fourth-order valence-electron chi connectivity index (χ4n) is 8.25. The van der Waals surface area contributed by atoms with Crippen LogP contribution < -0.4 is 28.7 Å². The van der Waals surface area contributed by atoms with Gasteiger partial charge in [-0.25, -0.2) is 26.6 Å². The highest BCUT2D eigenvalue weighted by Crippen LogP contribution is 2.37. The molecule has 0 saturated heterocycles. The second-order valence-corrected chi connectivity index (χ2v) is 21.6. The monoisotopic (exact) mass is 1030 g/mol. The van der Waals surface area contributed by atoms with E-state index in [9.17, 15) is 36.0 Å². The molecule has 2 aliphatic heterocycles. The van der Waals surface area contributed by atoms with Crippen molar-refractivity contribution in [2.75, 3.05) is 9.80 Å². The van der Waals surface area contributed by atoms with Crippen LogP contribution in [-0.2, 0) is 44.3 Å². The normalized spacial score (nSPS) is 13.6. The van der Waals surface area contributed by atoms with Gasteiger partial charge in [-0.05, 0) is 181 Å². The molecule has 0 saturated carbocycles. The lowest BCUT2D eigenvalue weighted by Crippen LogP contribution is -2.29. The average Bonchev–Trinajstić information content (AvgIpc) is 3.94. The number of imide groups is 2. The third kappa shape index (κ3) is 10.3. The Hall–Kier alpha value is -9.38. The minimum atomic E-state index is -3.87. The van der Waals surface area contributed by atoms with E-state index in [1.54, 1.807) is 97.1 Å². The molecule has 8 aromatic rings. The number of hydrogen-bond acceptors (Lipinski definition) is 12. The Balaban J connectivity index is 0.707. The molecule has 16 heteroatoms. The minimum Gasteiger partial charge on any atom is -0.457 e. The second-order valence-electron chi connectivity index (χ2n) is 17.7. The van der Waals surface area contributed by atoms with Crippen molar-refractivity contribution in [3.63, 3.8) is 0 Å². The first-order valence-corrected chi connectivity index (χ1v) is 26.1. The van der Waals surface area contributed by atoms with Gasteiger partial charge in [-0.3, -0.25) is 19.2 Å². The SMILES string of the molecule is CC(C)(c1ccc(Oc2ccc(S(=O)(=O)c3ccc(Oc4ccc(N5C(=O)C=CC5=O)cc4)cc3)cc2)cc1)c1ccc(Oc2ccc(S(=O)(=O)c3ccc(Oc4ccc(N5C(=O)C=CC5=O)cc4)cc3)cc2)cc1. The van der Waals surface area contributed by atoms with Crippen molar-refractivity contribution in [1.82, 2.24) is 0 Å². The topological polar surface area (TPSA) is 180 Å². The number of carbonyl (C=O) groups is 4. The molecular weight excluding hydrogens is 993 g/mol. The summed E-state index contributed by atoms with van der Waals surface area (Å²) in [6, 6.07) is 52.4. The van der Waals surface area contributed by atoms with Crippen LogP contribution >= 0.6 is 0 Å². The van der Waals surface area contributed by atoms with E-state index in [0.717, 1.165) is 20.9 Å². The fourth-order valence-corrected chi connectivity index (χ4v) is 10.8. The molecule has 14 nitrogen and oxygen atoms in total. The van der Waals surface area contributed by atoms with Crippen LogP contribution in [0.3, 0.4) is 0 Å². The van der Waals surface area contributed by atoms with E-state index in [1.165, 1.54) is 72.8 Å². The van der Waals surface area contributed by atoms with Crippen molar-refractivity contribution < 1.29 is 55.0 Å². The van der Waals surface area contributed by atoms with Crippen LogP contribution in [0.15, 0.2) is 238 Å². The molecule has 10 rings (SSSR count). The number of hydrogen-bond donors (Lipinski definition) is 0. The van der Waals surface area contributed by atoms with Crippen LogP contribution in [-0.4, -0.2) is 40.5 Å². The highest BCUT2D eigenvalue weighted by Gasteiger charge is 2.27. The third-order valence-electron chi connectivity index (χ3n) is 12.4. The summed E-state index contributed by atoms with van der Waals surface area (Å²) in [4.78, 5) is 50.3. The molecular formula is C59H42N2O12S2. The minimum absolute atomic E-state index is 0.0759. The first-order chi connectivity index (χ1) is 36.0. The van der Waals surface area contributed by atoms with Gasteiger partial charge < -0.3 is 18.9 Å². The van der Waals surface area contributed by atoms with Crippen molar-refractivity contribution in [2.24, 2.45) is 0 Å². The number of amides is 4. The van der Waals surface area contributed by atoms with E-state index < -0.39 is 48.7 Å². The van der Waals surface area contributed by atoms with E-state index in [-0.39, 0.29) is 19.6 Å². The molecule has 2 heterocycles. The van der Waals surface area contributed by atoms with Crippen molar-refractivity contribution in [1.29, 1.82) is 0 Å². The molecule has 0 spiro atoms. The Bertz CT molecular complexity index is 3500. The van der Waals surface area contributed by atoms with Crippen LogP contribution in [0.25, 0.3) is 0 Å². The van der Waals surface area contributed by atoms with Crippen molar-refractivity contribution >= 4 is 54.7 Å². The smallest absolute Gasteiger partial charge is 0.258 e. The molecule has 0 fully saturated rings. The van der Waals surface area contributed by atoms with Crippen molar-refractivity contribution in [3.05, 3.63) is 230 Å². The molecule has 372 valence electrons. The Kier molecular flexibility index (Phi) is 13.1. The van der Waals surface area contributed by atoms with E-state index >= 15 is 0 Å². The quantitative estimate of drug-likeness (QED) is 0.0837. The largest absolute Gasteiger partial charge is 0.457 e. The van der Waals surface area contributed by atoms with Gasteiger partial charge >= 0.3 is 0 Å². The summed E-state index contributed by atoms with van der Waals surface area (Å²) >= 11 is 0. The van der Waals surface area contributed by atoms with Gasteiger partial charge in [-0.2, -0.15) is 0 Å². The van der Waals surface area contributed by atoms with Crippen LogP contribution in [0.1, 0.15) is 25.0 Å². The summed E-state index contributed by atoms with van der Waals surface area (Å²) in [5, 5.41) is 0. The zero-order valence-electron chi connectivity index (χ0n) is 39.9. The Morgan fingerprint density at radius 1 is 0.293 bits per heavy atom. The maximum Gasteiger partial charge on any atom is 0.258 e. The molecule has 75 heavy (non-hydrogen) atoms. The Labute approximate surface area is 431 Å². The number of carbonyl (C=O) groups excluding carboxylic acids is 4. The van der Waals surface area contributed by atoms with E-state index in [0.29, 0.717) is 57.4 Å². The predicted octanol–water partition coefficient (Wildman–Crippen LogP) is 11.7. The molecule has 0 N–H and O–H groups in total. The van der Waals surface area contributed by atoms with Gasteiger partial charge in [-0.15, -0.1) is 0 Å². The van der Waals surface area contributed by atoms with Crippen LogP contribution in [0.5, 0.6) is 46.0 Å². The highest BCUT2D eigenvalue weighted by atomic mass is 32.2. The van der Waals surface area contributed by atoms with E-state index in [2.05, 4.69) is 13.8 Å². The van der Waals surface area contributed by atoms with Gasteiger partial charge in [0.2, 0.25) is 19.7 Å². The Morgan fingerprint density at radius 3 is 0.693 bits per heavy atom. The number of benzene rings is 8. The molecule has 0 unspecified atom stereocenters. The van der Waals surface area contributed by atoms with Crippen molar-refractivity contribution in [3.8, 4) is 46.0 Å². The van der Waals surface area contributed by atoms with E-state index in [1.807, 2.05) is 48.5 Å². The number of sulfone groups is 2. The molecule has 0 aromatic heterocycles. The van der Waals surface area contributed by atoms with Gasteiger partial charge in [0.1, 0.15) is 46.0 Å². The van der Waals surface area contributed by atoms with Crippen LogP contribution in [0.4, 0.5) is 11.4 Å². The van der Waals surface area contributed by atoms with Gasteiger partial charge in [0.25, 0.3) is 23.6 Å². The molecule has 4 amide bonds. The lowest BCUT2D eigenvalue weighted by molar-refractivity contribution is -0.121. The first-order valence-electron chi connectivity index (χ1n) is 23.2. The summed E-state index contributed by atoms with van der Waals surface area (Å²) in [5.41, 5.74) is 2.43. The van der Waals surface area contributed by atoms with Gasteiger partial charge in [0.05, 0.1) is 31.0 Å². The maximum absolute atomic E-state index is 13.5. The van der Waals surface area contributed by atoms with Crippen LogP contribution in [0.2, 0.25) is 0 Å². The molecule has 0 aliphatic carbocycles. The van der Waals surface area contributed by atoms with Crippen molar-refractivity contribution in [2.45, 2.75) is 38.8 Å². The zero-order valence-corrected chi connectivity index (χ0v) is 41.5. The third-order valence-corrected chi connectivity index (χ3v) is 16.0.